The highest BCUT2D eigenvalue weighted by Gasteiger charge is 2.18. The molecule has 3 heteroatoms. The van der Waals surface area contributed by atoms with Gasteiger partial charge in [-0.15, -0.1) is 0 Å². The van der Waals surface area contributed by atoms with E-state index in [-0.39, 0.29) is 6.04 Å². The molecule has 1 radical (unpaired) electrons. The largest absolute Gasteiger partial charge is 0.457 e. The highest BCUT2D eigenvalue weighted by molar-refractivity contribution is 5.86. The van der Waals surface area contributed by atoms with Gasteiger partial charge in [0.1, 0.15) is 0 Å². The molecule has 0 fully saturated rings. The number of nitrogens with zero attached hydrogens (tertiary/aromatic N) is 1. The van der Waals surface area contributed by atoms with E-state index in [1.807, 2.05) is 19.9 Å². The van der Waals surface area contributed by atoms with E-state index >= 15 is 0 Å². The lowest BCUT2D eigenvalue weighted by Crippen LogP contribution is -2.34. The molecule has 0 N–H and O–H groups in total. The van der Waals surface area contributed by atoms with E-state index in [4.69, 9.17) is 0 Å². The van der Waals surface area contributed by atoms with Gasteiger partial charge in [0.15, 0.2) is 0 Å². The lowest BCUT2D eigenvalue weighted by molar-refractivity contribution is 0.174. The Morgan fingerprint density at radius 2 is 1.77 bits per heavy atom. The van der Waals surface area contributed by atoms with Crippen LogP contribution in [0.5, 0.6) is 0 Å². The quantitative estimate of drug-likeness (QED) is 0.685. The van der Waals surface area contributed by atoms with E-state index in [0.29, 0.717) is 5.69 Å². The lowest BCUT2D eigenvalue weighted by Gasteiger charge is -2.21. The number of carbonyl (C=O) groups excluding carboxylic acids is 1. The van der Waals surface area contributed by atoms with Crippen molar-refractivity contribution in [1.82, 2.24) is 0 Å². The van der Waals surface area contributed by atoms with Crippen LogP contribution in [-0.2, 0) is 5.11 Å². The Morgan fingerprint density at radius 1 is 1.23 bits per heavy atom. The predicted molar refractivity (Wildman–Crippen MR) is 50.1 cm³/mol. The van der Waals surface area contributed by atoms with Crippen molar-refractivity contribution in [3.8, 4) is 0 Å². The molecule has 1 aromatic rings. The molecule has 0 aliphatic heterocycles. The van der Waals surface area contributed by atoms with Crippen LogP contribution < -0.4 is 4.90 Å². The summed E-state index contributed by atoms with van der Waals surface area (Å²) in [6, 6.07) is 8.83. The van der Waals surface area contributed by atoms with Gasteiger partial charge >= 0.3 is 6.09 Å². The van der Waals surface area contributed by atoms with Crippen LogP contribution in [0.15, 0.2) is 30.3 Å². The number of benzene rings is 1. The topological polar surface area (TPSA) is 40.2 Å². The third-order valence-electron chi connectivity index (χ3n) is 1.75. The molecular weight excluding hydrogens is 166 g/mol. The summed E-state index contributed by atoms with van der Waals surface area (Å²) in [6.45, 7) is 3.62. The van der Waals surface area contributed by atoms with E-state index in [2.05, 4.69) is 0 Å². The van der Waals surface area contributed by atoms with Crippen LogP contribution in [0, 0.1) is 0 Å². The molecule has 1 aromatic carbocycles. The Bertz CT molecular complexity index is 282. The van der Waals surface area contributed by atoms with E-state index in [1.54, 1.807) is 24.3 Å². The van der Waals surface area contributed by atoms with E-state index in [1.165, 1.54) is 4.90 Å². The highest BCUT2D eigenvalue weighted by atomic mass is 16.4. The van der Waals surface area contributed by atoms with Crippen LogP contribution in [0.2, 0.25) is 0 Å². The first-order valence-corrected chi connectivity index (χ1v) is 4.18. The zero-order chi connectivity index (χ0) is 9.84. The fourth-order valence-electron chi connectivity index (χ4n) is 1.20. The molecule has 0 bridgehead atoms. The summed E-state index contributed by atoms with van der Waals surface area (Å²) in [5.41, 5.74) is 0.650. The molecule has 0 aliphatic carbocycles. The minimum Gasteiger partial charge on any atom is -0.272 e. The molecule has 0 saturated carbocycles. The number of rotatable bonds is 2. The summed E-state index contributed by atoms with van der Waals surface area (Å²) in [6.07, 6.45) is -1.17. The Hall–Kier alpha value is -1.51. The molecule has 0 unspecified atom stereocenters. The summed E-state index contributed by atoms with van der Waals surface area (Å²) >= 11 is 0. The molecular formula is C10H12NO2. The molecule has 1 rings (SSSR count). The number of para-hydroxylation sites is 1. The summed E-state index contributed by atoms with van der Waals surface area (Å²) < 4.78 is 0. The summed E-state index contributed by atoms with van der Waals surface area (Å²) in [5, 5.41) is 10.8. The molecule has 69 valence electrons. The fraction of sp³-hybridized carbons (Fsp3) is 0.300. The average molecular weight is 178 g/mol. The van der Waals surface area contributed by atoms with Crippen molar-refractivity contribution in [2.75, 3.05) is 4.90 Å². The molecule has 1 amide bonds. The van der Waals surface area contributed by atoms with Gasteiger partial charge in [-0.05, 0) is 26.0 Å². The zero-order valence-electron chi connectivity index (χ0n) is 7.73. The van der Waals surface area contributed by atoms with E-state index in [9.17, 15) is 9.90 Å². The highest BCUT2D eigenvalue weighted by Crippen LogP contribution is 2.16. The minimum absolute atomic E-state index is 0.104. The van der Waals surface area contributed by atoms with Crippen LogP contribution in [-0.4, -0.2) is 12.1 Å². The zero-order valence-corrected chi connectivity index (χ0v) is 7.73. The normalized spacial score (nSPS) is 10.1. The van der Waals surface area contributed by atoms with Gasteiger partial charge in [0.2, 0.25) is 0 Å². The van der Waals surface area contributed by atoms with Crippen molar-refractivity contribution in [3.63, 3.8) is 0 Å². The van der Waals surface area contributed by atoms with Gasteiger partial charge in [-0.3, -0.25) is 4.90 Å². The number of hydrogen-bond donors (Lipinski definition) is 0. The third kappa shape index (κ3) is 2.21. The van der Waals surface area contributed by atoms with Crippen molar-refractivity contribution < 1.29 is 9.90 Å². The summed E-state index contributed by atoms with van der Waals surface area (Å²) in [4.78, 5) is 12.0. The van der Waals surface area contributed by atoms with E-state index < -0.39 is 6.09 Å². The SMILES string of the molecule is CC(C)N(C([O])=O)c1ccccc1. The Morgan fingerprint density at radius 3 is 2.15 bits per heavy atom. The summed E-state index contributed by atoms with van der Waals surface area (Å²) in [7, 11) is 0. The second-order valence-corrected chi connectivity index (χ2v) is 3.07. The molecule has 3 nitrogen and oxygen atoms in total. The van der Waals surface area contributed by atoms with Gasteiger partial charge in [-0.25, -0.2) is 9.90 Å². The summed E-state index contributed by atoms with van der Waals surface area (Å²) in [5.74, 6) is 0. The number of anilines is 1. The molecule has 0 atom stereocenters. The monoisotopic (exact) mass is 178 g/mol. The minimum atomic E-state index is -1.17. The first-order chi connectivity index (χ1) is 6.13. The fourth-order valence-corrected chi connectivity index (χ4v) is 1.20. The molecule has 13 heavy (non-hydrogen) atoms. The van der Waals surface area contributed by atoms with Crippen molar-refractivity contribution in [3.05, 3.63) is 30.3 Å². The van der Waals surface area contributed by atoms with Crippen LogP contribution in [0.4, 0.5) is 10.5 Å². The van der Waals surface area contributed by atoms with Gasteiger partial charge in [0.25, 0.3) is 0 Å². The van der Waals surface area contributed by atoms with Crippen molar-refractivity contribution in [2.45, 2.75) is 19.9 Å². The third-order valence-corrected chi connectivity index (χ3v) is 1.75. The van der Waals surface area contributed by atoms with Crippen molar-refractivity contribution in [1.29, 1.82) is 0 Å². The Balaban J connectivity index is 2.96. The predicted octanol–water partition coefficient (Wildman–Crippen LogP) is 2.45. The average Bonchev–Trinajstić information content (AvgIpc) is 2.04. The van der Waals surface area contributed by atoms with Crippen LogP contribution in [0.25, 0.3) is 0 Å². The molecule has 0 aromatic heterocycles. The smallest absolute Gasteiger partial charge is 0.272 e. The van der Waals surface area contributed by atoms with Gasteiger partial charge in [-0.2, -0.15) is 0 Å². The molecule has 0 aliphatic rings. The Kier molecular flexibility index (Phi) is 2.90. The molecule has 0 heterocycles. The van der Waals surface area contributed by atoms with E-state index in [0.717, 1.165) is 0 Å². The Labute approximate surface area is 77.6 Å². The maximum atomic E-state index is 10.8. The first kappa shape index (κ1) is 9.58. The lowest BCUT2D eigenvalue weighted by atomic mass is 10.2. The van der Waals surface area contributed by atoms with Gasteiger partial charge in [-0.1, -0.05) is 18.2 Å². The maximum absolute atomic E-state index is 10.8. The van der Waals surface area contributed by atoms with Gasteiger partial charge < -0.3 is 0 Å². The number of amides is 1. The van der Waals surface area contributed by atoms with Gasteiger partial charge in [0, 0.05) is 11.7 Å². The molecule has 0 spiro atoms. The second-order valence-electron chi connectivity index (χ2n) is 3.07. The second kappa shape index (κ2) is 3.94. The number of hydrogen-bond acceptors (Lipinski definition) is 1. The first-order valence-electron chi connectivity index (χ1n) is 4.18. The standard InChI is InChI=1S/C10H12NO2/c1-8(2)11(10(12)13)9-6-4-3-5-7-9/h3-8H,1-2H3. The van der Waals surface area contributed by atoms with Crippen LogP contribution >= 0.6 is 0 Å². The number of carbonyl (C=O) groups is 1. The van der Waals surface area contributed by atoms with Crippen LogP contribution in [0.1, 0.15) is 13.8 Å². The van der Waals surface area contributed by atoms with Gasteiger partial charge in [0.05, 0.1) is 0 Å². The van der Waals surface area contributed by atoms with Crippen molar-refractivity contribution >= 4 is 11.8 Å². The van der Waals surface area contributed by atoms with Crippen molar-refractivity contribution in [2.24, 2.45) is 0 Å². The maximum Gasteiger partial charge on any atom is 0.457 e. The molecule has 0 saturated heterocycles. The van der Waals surface area contributed by atoms with Crippen LogP contribution in [0.3, 0.4) is 0 Å².